The van der Waals surface area contributed by atoms with E-state index in [2.05, 4.69) is 21.7 Å². The molecule has 0 saturated heterocycles. The Hall–Kier alpha value is -2.30. The van der Waals surface area contributed by atoms with Crippen molar-refractivity contribution in [2.45, 2.75) is 46.0 Å². The second kappa shape index (κ2) is 7.64. The maximum Gasteiger partial charge on any atom is 0.326 e. The molecule has 0 spiro atoms. The maximum atomic E-state index is 12.0. The fraction of sp³-hybridized carbons (Fsp3) is 0.412. The van der Waals surface area contributed by atoms with Crippen molar-refractivity contribution in [3.8, 4) is 0 Å². The lowest BCUT2D eigenvalue weighted by Gasteiger charge is -2.10. The molecule has 0 heterocycles. The number of carbonyl (C=O) groups excluding carboxylic acids is 1. The standard InChI is InChI=1S/C17H24N4O/c1-12-9-10-15(13(2)11-12)20-17(22)21-16(18)19-14-7-5-3-4-6-8-14/h7,9-11H,3-6,8H2,1-2H3,(H4,18,19,20,21,22). The van der Waals surface area contributed by atoms with Crippen molar-refractivity contribution in [3.63, 3.8) is 0 Å². The second-order valence-electron chi connectivity index (χ2n) is 5.69. The Morgan fingerprint density at radius 3 is 2.82 bits per heavy atom. The van der Waals surface area contributed by atoms with Crippen molar-refractivity contribution >= 4 is 17.7 Å². The number of aryl methyl sites for hydroxylation is 2. The lowest BCUT2D eigenvalue weighted by Crippen LogP contribution is -2.39. The number of hydrogen-bond donors (Lipinski definition) is 3. The summed E-state index contributed by atoms with van der Waals surface area (Å²) in [6.07, 6.45) is 7.58. The number of carbonyl (C=O) groups is 1. The number of hydrogen-bond acceptors (Lipinski definition) is 2. The third-order valence-electron chi connectivity index (χ3n) is 3.65. The Balaban J connectivity index is 1.94. The molecule has 0 unspecified atom stereocenters. The fourth-order valence-electron chi connectivity index (χ4n) is 2.51. The molecule has 2 rings (SSSR count). The van der Waals surface area contributed by atoms with Gasteiger partial charge in [0, 0.05) is 11.4 Å². The van der Waals surface area contributed by atoms with Gasteiger partial charge in [0.15, 0.2) is 0 Å². The van der Waals surface area contributed by atoms with E-state index in [0.717, 1.165) is 41.8 Å². The van der Waals surface area contributed by atoms with E-state index in [1.165, 1.54) is 12.8 Å². The molecule has 0 fully saturated rings. The molecule has 1 aromatic carbocycles. The number of anilines is 1. The molecule has 0 aromatic heterocycles. The number of nitrogens with zero attached hydrogens (tertiary/aromatic N) is 1. The molecule has 118 valence electrons. The Labute approximate surface area is 131 Å². The van der Waals surface area contributed by atoms with Crippen molar-refractivity contribution in [1.82, 2.24) is 5.32 Å². The molecule has 5 heteroatoms. The first-order valence-corrected chi connectivity index (χ1v) is 7.73. The van der Waals surface area contributed by atoms with Gasteiger partial charge in [-0.25, -0.2) is 9.79 Å². The van der Waals surface area contributed by atoms with Gasteiger partial charge in [-0.05, 0) is 51.2 Å². The highest BCUT2D eigenvalue weighted by atomic mass is 16.2. The number of amides is 2. The van der Waals surface area contributed by atoms with Gasteiger partial charge in [-0.2, -0.15) is 0 Å². The summed E-state index contributed by atoms with van der Waals surface area (Å²) in [5.74, 6) is 0.135. The van der Waals surface area contributed by atoms with Gasteiger partial charge in [0.1, 0.15) is 0 Å². The number of aliphatic imine (C=N–C) groups is 1. The predicted octanol–water partition coefficient (Wildman–Crippen LogP) is 3.59. The summed E-state index contributed by atoms with van der Waals surface area (Å²) in [6.45, 7) is 3.97. The molecule has 0 saturated carbocycles. The minimum absolute atomic E-state index is 0.135. The fourth-order valence-corrected chi connectivity index (χ4v) is 2.51. The molecule has 0 aliphatic heterocycles. The topological polar surface area (TPSA) is 79.5 Å². The van der Waals surface area contributed by atoms with E-state index in [9.17, 15) is 4.79 Å². The summed E-state index contributed by atoms with van der Waals surface area (Å²) in [7, 11) is 0. The van der Waals surface area contributed by atoms with Gasteiger partial charge in [-0.15, -0.1) is 0 Å². The van der Waals surface area contributed by atoms with Gasteiger partial charge in [0.2, 0.25) is 5.96 Å². The van der Waals surface area contributed by atoms with Crippen molar-refractivity contribution in [2.75, 3.05) is 5.32 Å². The first kappa shape index (κ1) is 16.1. The van der Waals surface area contributed by atoms with E-state index in [-0.39, 0.29) is 12.0 Å². The lowest BCUT2D eigenvalue weighted by atomic mass is 10.1. The number of rotatable bonds is 2. The Kier molecular flexibility index (Phi) is 5.58. The van der Waals surface area contributed by atoms with Crippen LogP contribution in [0.2, 0.25) is 0 Å². The molecule has 22 heavy (non-hydrogen) atoms. The summed E-state index contributed by atoms with van der Waals surface area (Å²) < 4.78 is 0. The zero-order valence-electron chi connectivity index (χ0n) is 13.3. The second-order valence-corrected chi connectivity index (χ2v) is 5.69. The van der Waals surface area contributed by atoms with Crippen LogP contribution in [0.5, 0.6) is 0 Å². The quantitative estimate of drug-likeness (QED) is 0.576. The molecular formula is C17H24N4O. The zero-order chi connectivity index (χ0) is 15.9. The predicted molar refractivity (Wildman–Crippen MR) is 90.9 cm³/mol. The number of guanidine groups is 1. The smallest absolute Gasteiger partial charge is 0.326 e. The molecule has 0 radical (unpaired) electrons. The number of benzene rings is 1. The summed E-state index contributed by atoms with van der Waals surface area (Å²) >= 11 is 0. The lowest BCUT2D eigenvalue weighted by molar-refractivity contribution is 0.256. The van der Waals surface area contributed by atoms with Crippen molar-refractivity contribution in [3.05, 3.63) is 41.1 Å². The van der Waals surface area contributed by atoms with Gasteiger partial charge in [-0.1, -0.05) is 30.2 Å². The molecule has 1 aliphatic carbocycles. The highest BCUT2D eigenvalue weighted by molar-refractivity contribution is 6.02. The van der Waals surface area contributed by atoms with Crippen LogP contribution >= 0.6 is 0 Å². The average Bonchev–Trinajstić information content (AvgIpc) is 2.70. The van der Waals surface area contributed by atoms with Gasteiger partial charge in [0.25, 0.3) is 0 Å². The van der Waals surface area contributed by atoms with Crippen LogP contribution in [0.15, 0.2) is 35.0 Å². The van der Waals surface area contributed by atoms with Crippen LogP contribution in [-0.2, 0) is 0 Å². The van der Waals surface area contributed by atoms with E-state index in [4.69, 9.17) is 5.73 Å². The van der Waals surface area contributed by atoms with Crippen molar-refractivity contribution < 1.29 is 4.79 Å². The molecule has 1 aromatic rings. The van der Waals surface area contributed by atoms with Crippen LogP contribution in [0.1, 0.15) is 43.2 Å². The maximum absolute atomic E-state index is 12.0. The number of nitrogens with two attached hydrogens (primary N) is 1. The van der Waals surface area contributed by atoms with E-state index in [1.807, 2.05) is 32.0 Å². The summed E-state index contributed by atoms with van der Waals surface area (Å²) in [5.41, 5.74) is 9.71. The van der Waals surface area contributed by atoms with Gasteiger partial charge in [0.05, 0.1) is 0 Å². The monoisotopic (exact) mass is 300 g/mol. The molecule has 2 amide bonds. The third-order valence-corrected chi connectivity index (χ3v) is 3.65. The molecule has 0 bridgehead atoms. The Morgan fingerprint density at radius 1 is 1.23 bits per heavy atom. The van der Waals surface area contributed by atoms with E-state index < -0.39 is 0 Å². The number of nitrogens with one attached hydrogen (secondary N) is 2. The Bertz CT molecular complexity index is 605. The highest BCUT2D eigenvalue weighted by Crippen LogP contribution is 2.18. The van der Waals surface area contributed by atoms with Crippen molar-refractivity contribution in [2.24, 2.45) is 10.7 Å². The zero-order valence-corrected chi connectivity index (χ0v) is 13.3. The van der Waals surface area contributed by atoms with Crippen LogP contribution < -0.4 is 16.4 Å². The molecule has 1 aliphatic rings. The number of allylic oxidation sites excluding steroid dienone is 2. The molecule has 4 N–H and O–H groups in total. The molecule has 5 nitrogen and oxygen atoms in total. The van der Waals surface area contributed by atoms with Crippen molar-refractivity contribution in [1.29, 1.82) is 0 Å². The summed E-state index contributed by atoms with van der Waals surface area (Å²) in [5, 5.41) is 5.36. The van der Waals surface area contributed by atoms with Crippen LogP contribution in [0, 0.1) is 13.8 Å². The average molecular weight is 300 g/mol. The summed E-state index contributed by atoms with van der Waals surface area (Å²) in [6, 6.07) is 5.48. The van der Waals surface area contributed by atoms with Gasteiger partial charge < -0.3 is 11.1 Å². The minimum Gasteiger partial charge on any atom is -0.369 e. The third kappa shape index (κ3) is 4.91. The van der Waals surface area contributed by atoms with Crippen LogP contribution in [0.25, 0.3) is 0 Å². The molecular weight excluding hydrogens is 276 g/mol. The van der Waals surface area contributed by atoms with Gasteiger partial charge >= 0.3 is 6.03 Å². The molecule has 0 atom stereocenters. The first-order valence-electron chi connectivity index (χ1n) is 7.73. The largest absolute Gasteiger partial charge is 0.369 e. The SMILES string of the molecule is Cc1ccc(NC(=O)NC(N)=NC2=CCCCCC2)c(C)c1. The highest BCUT2D eigenvalue weighted by Gasteiger charge is 2.07. The van der Waals surface area contributed by atoms with Crippen LogP contribution in [-0.4, -0.2) is 12.0 Å². The van der Waals surface area contributed by atoms with E-state index in [0.29, 0.717) is 0 Å². The van der Waals surface area contributed by atoms with E-state index >= 15 is 0 Å². The Morgan fingerprint density at radius 2 is 2.05 bits per heavy atom. The normalized spacial score (nSPS) is 15.7. The first-order chi connectivity index (χ1) is 10.5. The minimum atomic E-state index is -0.373. The van der Waals surface area contributed by atoms with Crippen LogP contribution in [0.4, 0.5) is 10.5 Å². The van der Waals surface area contributed by atoms with E-state index in [1.54, 1.807) is 0 Å². The van der Waals surface area contributed by atoms with Gasteiger partial charge in [-0.3, -0.25) is 5.32 Å². The number of urea groups is 1. The summed E-state index contributed by atoms with van der Waals surface area (Å²) in [4.78, 5) is 16.3. The van der Waals surface area contributed by atoms with Crippen LogP contribution in [0.3, 0.4) is 0 Å².